The zero-order chi connectivity index (χ0) is 23.9. The minimum absolute atomic E-state index is 0.0420. The fraction of sp³-hybridized carbons (Fsp3) is 0.192. The zero-order valence-corrected chi connectivity index (χ0v) is 19.6. The van der Waals surface area contributed by atoms with Crippen molar-refractivity contribution in [1.82, 2.24) is 5.32 Å². The van der Waals surface area contributed by atoms with E-state index in [-0.39, 0.29) is 23.8 Å². The fourth-order valence-electron chi connectivity index (χ4n) is 4.41. The Hall–Kier alpha value is -3.65. The molecule has 0 bridgehead atoms. The normalized spacial score (nSPS) is 15.1. The standard InChI is InChI=1S/C26H21BrN2O5/c27-15-9-10-22(20(13-15)23(30)31)28-24(32)26(11-12-26)29-25(33)34-14-21-18-7-3-1-5-16(18)17-6-2-4-8-19(17)21/h1-10,13,21H,11-12,14H2,(H,28,32)(H,29,33)(H,30,31). The molecule has 1 fully saturated rings. The molecule has 2 aliphatic carbocycles. The molecule has 3 N–H and O–H groups in total. The number of carbonyl (C=O) groups excluding carboxylic acids is 2. The Kier molecular flexibility index (Phi) is 5.61. The molecule has 3 aromatic rings. The van der Waals surface area contributed by atoms with Crippen molar-refractivity contribution < 1.29 is 24.2 Å². The average molecular weight is 521 g/mol. The van der Waals surface area contributed by atoms with Crippen LogP contribution >= 0.6 is 15.9 Å². The maximum absolute atomic E-state index is 12.9. The molecule has 0 unspecified atom stereocenters. The lowest BCUT2D eigenvalue weighted by atomic mass is 9.98. The molecule has 0 aliphatic heterocycles. The first-order chi connectivity index (χ1) is 16.4. The van der Waals surface area contributed by atoms with Gasteiger partial charge in [0.15, 0.2) is 0 Å². The van der Waals surface area contributed by atoms with Gasteiger partial charge in [-0.05, 0) is 53.3 Å². The molecule has 0 atom stereocenters. The number of alkyl carbamates (subject to hydrolysis) is 1. The summed E-state index contributed by atoms with van der Waals surface area (Å²) in [5.74, 6) is -1.71. The van der Waals surface area contributed by atoms with E-state index in [4.69, 9.17) is 4.74 Å². The molecule has 0 aromatic heterocycles. The van der Waals surface area contributed by atoms with Gasteiger partial charge in [0, 0.05) is 10.4 Å². The summed E-state index contributed by atoms with van der Waals surface area (Å²) in [6.07, 6.45) is 0.216. The first kappa shape index (κ1) is 22.2. The van der Waals surface area contributed by atoms with E-state index in [2.05, 4.69) is 38.7 Å². The predicted octanol–water partition coefficient (Wildman–Crippen LogP) is 5.16. The van der Waals surface area contributed by atoms with Crippen molar-refractivity contribution in [2.45, 2.75) is 24.3 Å². The highest BCUT2D eigenvalue weighted by atomic mass is 79.9. The number of ether oxygens (including phenoxy) is 1. The number of fused-ring (bicyclic) bond motifs is 3. The van der Waals surface area contributed by atoms with Crippen LogP contribution in [0.15, 0.2) is 71.2 Å². The second-order valence-corrected chi connectivity index (χ2v) is 9.40. The lowest BCUT2D eigenvalue weighted by Gasteiger charge is -2.19. The van der Waals surface area contributed by atoms with E-state index in [0.717, 1.165) is 22.3 Å². The minimum atomic E-state index is -1.16. The van der Waals surface area contributed by atoms with Gasteiger partial charge in [-0.25, -0.2) is 9.59 Å². The number of amides is 2. The molecule has 2 amide bonds. The highest BCUT2D eigenvalue weighted by Crippen LogP contribution is 2.44. The first-order valence-corrected chi connectivity index (χ1v) is 11.6. The Morgan fingerprint density at radius 2 is 1.59 bits per heavy atom. The monoisotopic (exact) mass is 520 g/mol. The topological polar surface area (TPSA) is 105 Å². The summed E-state index contributed by atoms with van der Waals surface area (Å²) in [6, 6.07) is 20.7. The van der Waals surface area contributed by atoms with Crippen LogP contribution in [-0.2, 0) is 9.53 Å². The van der Waals surface area contributed by atoms with Gasteiger partial charge in [0.25, 0.3) is 0 Å². The third kappa shape index (κ3) is 4.05. The number of hydrogen-bond acceptors (Lipinski definition) is 4. The van der Waals surface area contributed by atoms with E-state index in [9.17, 15) is 19.5 Å². The Morgan fingerprint density at radius 3 is 2.18 bits per heavy atom. The molecule has 1 saturated carbocycles. The summed E-state index contributed by atoms with van der Waals surface area (Å²) in [5.41, 5.74) is 3.49. The molecule has 2 aliphatic rings. The Bertz CT molecular complexity index is 1270. The molecule has 172 valence electrons. The SMILES string of the molecule is O=C(NC1(C(=O)Nc2ccc(Br)cc2C(=O)O)CC1)OCC1c2ccccc2-c2ccccc21. The molecular weight excluding hydrogens is 500 g/mol. The molecule has 0 radical (unpaired) electrons. The number of anilines is 1. The van der Waals surface area contributed by atoms with Crippen LogP contribution in [0.3, 0.4) is 0 Å². The van der Waals surface area contributed by atoms with Crippen LogP contribution in [0.1, 0.15) is 40.2 Å². The summed E-state index contributed by atoms with van der Waals surface area (Å²) in [7, 11) is 0. The Balaban J connectivity index is 1.25. The van der Waals surface area contributed by atoms with Crippen molar-refractivity contribution in [3.05, 3.63) is 87.9 Å². The second-order valence-electron chi connectivity index (χ2n) is 8.48. The third-order valence-electron chi connectivity index (χ3n) is 6.33. The summed E-state index contributed by atoms with van der Waals surface area (Å²) in [5, 5.41) is 14.7. The predicted molar refractivity (Wildman–Crippen MR) is 130 cm³/mol. The van der Waals surface area contributed by atoms with Gasteiger partial charge in [0.2, 0.25) is 5.91 Å². The number of halogens is 1. The molecular formula is C26H21BrN2O5. The number of carbonyl (C=O) groups is 3. The van der Waals surface area contributed by atoms with Crippen LogP contribution in [0, 0.1) is 0 Å². The summed E-state index contributed by atoms with van der Waals surface area (Å²) < 4.78 is 6.15. The summed E-state index contributed by atoms with van der Waals surface area (Å²) >= 11 is 3.23. The Labute approximate surface area is 204 Å². The van der Waals surface area contributed by atoms with Gasteiger partial charge in [-0.2, -0.15) is 0 Å². The van der Waals surface area contributed by atoms with Gasteiger partial charge in [-0.1, -0.05) is 64.5 Å². The number of hydrogen-bond donors (Lipinski definition) is 3. The van der Waals surface area contributed by atoms with E-state index < -0.39 is 23.5 Å². The fourth-order valence-corrected chi connectivity index (χ4v) is 4.77. The van der Waals surface area contributed by atoms with Gasteiger partial charge >= 0.3 is 12.1 Å². The van der Waals surface area contributed by atoms with Crippen LogP contribution in [-0.4, -0.2) is 35.2 Å². The number of aromatic carboxylic acids is 1. The molecule has 0 heterocycles. The first-order valence-electron chi connectivity index (χ1n) is 10.9. The van der Waals surface area contributed by atoms with E-state index >= 15 is 0 Å². The molecule has 8 heteroatoms. The van der Waals surface area contributed by atoms with Gasteiger partial charge in [0.1, 0.15) is 12.1 Å². The molecule has 34 heavy (non-hydrogen) atoms. The number of carboxylic acids is 1. The van der Waals surface area contributed by atoms with Crippen LogP contribution in [0.5, 0.6) is 0 Å². The molecule has 0 spiro atoms. The quantitative estimate of drug-likeness (QED) is 0.416. The number of benzene rings is 3. The molecule has 0 saturated heterocycles. The van der Waals surface area contributed by atoms with Crippen molar-refractivity contribution in [2.24, 2.45) is 0 Å². The van der Waals surface area contributed by atoms with Crippen LogP contribution in [0.4, 0.5) is 10.5 Å². The number of nitrogens with one attached hydrogen (secondary N) is 2. The minimum Gasteiger partial charge on any atom is -0.478 e. The zero-order valence-electron chi connectivity index (χ0n) is 18.0. The van der Waals surface area contributed by atoms with E-state index in [1.54, 1.807) is 6.07 Å². The van der Waals surface area contributed by atoms with Crippen LogP contribution < -0.4 is 10.6 Å². The molecule has 7 nitrogen and oxygen atoms in total. The lowest BCUT2D eigenvalue weighted by molar-refractivity contribution is -0.119. The highest BCUT2D eigenvalue weighted by molar-refractivity contribution is 9.10. The largest absolute Gasteiger partial charge is 0.478 e. The summed E-state index contributed by atoms with van der Waals surface area (Å²) in [4.78, 5) is 37.1. The second kappa shape index (κ2) is 8.61. The summed E-state index contributed by atoms with van der Waals surface area (Å²) in [6.45, 7) is 0.146. The van der Waals surface area contributed by atoms with Crippen molar-refractivity contribution >= 4 is 39.6 Å². The van der Waals surface area contributed by atoms with Gasteiger partial charge in [-0.3, -0.25) is 4.79 Å². The van der Waals surface area contributed by atoms with E-state index in [1.807, 2.05) is 36.4 Å². The third-order valence-corrected chi connectivity index (χ3v) is 6.82. The molecule has 5 rings (SSSR count). The van der Waals surface area contributed by atoms with Crippen LogP contribution in [0.2, 0.25) is 0 Å². The highest BCUT2D eigenvalue weighted by Gasteiger charge is 2.52. The van der Waals surface area contributed by atoms with Crippen molar-refractivity contribution in [3.63, 3.8) is 0 Å². The van der Waals surface area contributed by atoms with E-state index in [0.29, 0.717) is 17.3 Å². The van der Waals surface area contributed by atoms with Gasteiger partial charge in [-0.15, -0.1) is 0 Å². The van der Waals surface area contributed by atoms with Gasteiger partial charge in [0.05, 0.1) is 11.3 Å². The van der Waals surface area contributed by atoms with Crippen molar-refractivity contribution in [1.29, 1.82) is 0 Å². The average Bonchev–Trinajstić information content (AvgIpc) is 3.54. The van der Waals surface area contributed by atoms with Crippen molar-refractivity contribution in [3.8, 4) is 11.1 Å². The Morgan fingerprint density at radius 1 is 0.971 bits per heavy atom. The van der Waals surface area contributed by atoms with E-state index in [1.165, 1.54) is 12.1 Å². The van der Waals surface area contributed by atoms with Gasteiger partial charge < -0.3 is 20.5 Å². The molecule has 3 aromatic carbocycles. The maximum atomic E-state index is 12.9. The van der Waals surface area contributed by atoms with Crippen molar-refractivity contribution in [2.75, 3.05) is 11.9 Å². The number of carboxylic acid groups (broad SMARTS) is 1. The van der Waals surface area contributed by atoms with Crippen LogP contribution in [0.25, 0.3) is 11.1 Å². The maximum Gasteiger partial charge on any atom is 0.408 e. The number of rotatable bonds is 6. The lowest BCUT2D eigenvalue weighted by Crippen LogP contribution is -2.46. The smallest absolute Gasteiger partial charge is 0.408 e.